The van der Waals surface area contributed by atoms with Crippen molar-refractivity contribution in [3.63, 3.8) is 0 Å². The predicted molar refractivity (Wildman–Crippen MR) is 82.3 cm³/mol. The number of likely N-dealkylation sites (N-methyl/N-ethyl adjacent to an activating group) is 1. The second kappa shape index (κ2) is 8.81. The normalized spacial score (nSPS) is 18.4. The maximum atomic E-state index is 11.8. The molecule has 20 heavy (non-hydrogen) atoms. The summed E-state index contributed by atoms with van der Waals surface area (Å²) >= 11 is 0. The number of amides is 1. The van der Waals surface area contributed by atoms with Gasteiger partial charge in [-0.15, -0.1) is 12.4 Å². The molecule has 8 heteroatoms. The molecular weight excluding hydrogens is 302 g/mol. The van der Waals surface area contributed by atoms with Gasteiger partial charge in [0.25, 0.3) is 0 Å². The molecule has 0 heterocycles. The summed E-state index contributed by atoms with van der Waals surface area (Å²) in [5.74, 6) is 0.139. The van der Waals surface area contributed by atoms with Gasteiger partial charge in [-0.2, -0.15) is 4.31 Å². The zero-order chi connectivity index (χ0) is 14.5. The first-order chi connectivity index (χ1) is 8.84. The van der Waals surface area contributed by atoms with Gasteiger partial charge in [-0.25, -0.2) is 8.42 Å². The van der Waals surface area contributed by atoms with E-state index in [4.69, 9.17) is 5.73 Å². The highest BCUT2D eigenvalue weighted by Gasteiger charge is 2.25. The van der Waals surface area contributed by atoms with Crippen molar-refractivity contribution in [3.05, 3.63) is 0 Å². The third-order valence-corrected chi connectivity index (χ3v) is 5.01. The van der Waals surface area contributed by atoms with E-state index in [-0.39, 0.29) is 30.9 Å². The van der Waals surface area contributed by atoms with Gasteiger partial charge >= 0.3 is 0 Å². The van der Waals surface area contributed by atoms with E-state index in [1.807, 2.05) is 0 Å². The van der Waals surface area contributed by atoms with Gasteiger partial charge in [0.2, 0.25) is 15.9 Å². The maximum Gasteiger partial charge on any atom is 0.235 e. The fourth-order valence-corrected chi connectivity index (χ4v) is 2.83. The van der Waals surface area contributed by atoms with Crippen LogP contribution in [0.4, 0.5) is 0 Å². The van der Waals surface area contributed by atoms with Gasteiger partial charge in [0.05, 0.1) is 12.8 Å². The number of nitrogens with zero attached hydrogens (tertiary/aromatic N) is 1. The topological polar surface area (TPSA) is 92.5 Å². The Morgan fingerprint density at radius 2 is 1.90 bits per heavy atom. The van der Waals surface area contributed by atoms with Crippen LogP contribution < -0.4 is 11.1 Å². The minimum atomic E-state index is -3.32. The van der Waals surface area contributed by atoms with Crippen LogP contribution in [-0.4, -0.2) is 51.1 Å². The molecule has 0 aromatic rings. The number of carbonyl (C=O) groups is 1. The predicted octanol–water partition coefficient (Wildman–Crippen LogP) is 0.323. The Hall–Kier alpha value is -0.370. The minimum Gasteiger partial charge on any atom is -0.351 e. The molecule has 1 atom stereocenters. The largest absolute Gasteiger partial charge is 0.351 e. The van der Waals surface area contributed by atoms with E-state index < -0.39 is 10.0 Å². The number of hydrogen-bond acceptors (Lipinski definition) is 4. The average molecular weight is 328 g/mol. The lowest BCUT2D eigenvalue weighted by molar-refractivity contribution is -0.122. The number of halogens is 1. The maximum absolute atomic E-state index is 11.8. The smallest absolute Gasteiger partial charge is 0.235 e. The van der Waals surface area contributed by atoms with Crippen LogP contribution in [0.15, 0.2) is 0 Å². The molecule has 0 saturated heterocycles. The van der Waals surface area contributed by atoms with Crippen molar-refractivity contribution < 1.29 is 13.2 Å². The van der Waals surface area contributed by atoms with E-state index in [1.54, 1.807) is 0 Å². The molecule has 1 saturated carbocycles. The highest BCUT2D eigenvalue weighted by molar-refractivity contribution is 7.88. The first kappa shape index (κ1) is 19.6. The van der Waals surface area contributed by atoms with E-state index >= 15 is 0 Å². The van der Waals surface area contributed by atoms with Crippen LogP contribution in [0.1, 0.15) is 32.1 Å². The van der Waals surface area contributed by atoms with Crippen LogP contribution >= 0.6 is 12.4 Å². The van der Waals surface area contributed by atoms with E-state index in [9.17, 15) is 13.2 Å². The van der Waals surface area contributed by atoms with Crippen molar-refractivity contribution in [1.82, 2.24) is 9.62 Å². The van der Waals surface area contributed by atoms with Crippen molar-refractivity contribution in [2.24, 2.45) is 11.7 Å². The molecule has 0 aromatic carbocycles. The summed E-state index contributed by atoms with van der Waals surface area (Å²) in [6.07, 6.45) is 6.87. The molecule has 0 spiro atoms. The van der Waals surface area contributed by atoms with Crippen molar-refractivity contribution in [3.8, 4) is 0 Å². The summed E-state index contributed by atoms with van der Waals surface area (Å²) < 4.78 is 23.5. The Labute approximate surface area is 127 Å². The van der Waals surface area contributed by atoms with Crippen LogP contribution in [0.25, 0.3) is 0 Å². The summed E-state index contributed by atoms with van der Waals surface area (Å²) in [6.45, 7) is 0.251. The number of nitrogens with two attached hydrogens (primary N) is 1. The summed E-state index contributed by atoms with van der Waals surface area (Å²) in [7, 11) is -1.93. The van der Waals surface area contributed by atoms with Gasteiger partial charge in [0, 0.05) is 19.6 Å². The Morgan fingerprint density at radius 3 is 2.35 bits per heavy atom. The van der Waals surface area contributed by atoms with E-state index in [0.29, 0.717) is 12.5 Å². The van der Waals surface area contributed by atoms with Crippen molar-refractivity contribution in [2.75, 3.05) is 26.4 Å². The first-order valence-electron chi connectivity index (χ1n) is 6.75. The summed E-state index contributed by atoms with van der Waals surface area (Å²) in [5, 5.41) is 2.87. The molecule has 1 aliphatic carbocycles. The molecule has 3 N–H and O–H groups in total. The average Bonchev–Trinajstić information content (AvgIpc) is 2.35. The van der Waals surface area contributed by atoms with Gasteiger partial charge in [-0.3, -0.25) is 4.79 Å². The van der Waals surface area contributed by atoms with Gasteiger partial charge < -0.3 is 11.1 Å². The van der Waals surface area contributed by atoms with E-state index in [2.05, 4.69) is 5.32 Å². The molecule has 120 valence electrons. The summed E-state index contributed by atoms with van der Waals surface area (Å²) in [5.41, 5.74) is 5.72. The minimum absolute atomic E-state index is 0. The van der Waals surface area contributed by atoms with Gasteiger partial charge in [-0.1, -0.05) is 19.3 Å². The number of hydrogen-bond donors (Lipinski definition) is 2. The lowest BCUT2D eigenvalue weighted by Crippen LogP contribution is -2.49. The van der Waals surface area contributed by atoms with Gasteiger partial charge in [0.1, 0.15) is 0 Å². The van der Waals surface area contributed by atoms with Crippen LogP contribution in [0.2, 0.25) is 0 Å². The standard InChI is InChI=1S/C12H25N3O3S.ClH/c1-15(19(2,17)18)9-12(16)14-11(8-13)10-6-4-3-5-7-10;/h10-11H,3-9,13H2,1-2H3,(H,14,16);1H. The molecule has 1 amide bonds. The fraction of sp³-hybridized carbons (Fsp3) is 0.917. The van der Waals surface area contributed by atoms with Crippen molar-refractivity contribution >= 4 is 28.3 Å². The number of carbonyl (C=O) groups excluding carboxylic acids is 1. The number of rotatable bonds is 6. The first-order valence-corrected chi connectivity index (χ1v) is 8.60. The van der Waals surface area contributed by atoms with Crippen molar-refractivity contribution in [1.29, 1.82) is 0 Å². The molecular formula is C12H26ClN3O3S. The molecule has 0 aromatic heterocycles. The van der Waals surface area contributed by atoms with Gasteiger partial charge in [0.15, 0.2) is 0 Å². The third-order valence-electron chi connectivity index (χ3n) is 3.75. The lowest BCUT2D eigenvalue weighted by atomic mass is 9.84. The Balaban J connectivity index is 0.00000361. The second-order valence-corrected chi connectivity index (χ2v) is 7.42. The molecule has 6 nitrogen and oxygen atoms in total. The molecule has 1 rings (SSSR count). The monoisotopic (exact) mass is 327 g/mol. The molecule has 1 aliphatic rings. The zero-order valence-electron chi connectivity index (χ0n) is 12.2. The van der Waals surface area contributed by atoms with Crippen LogP contribution in [0.5, 0.6) is 0 Å². The lowest BCUT2D eigenvalue weighted by Gasteiger charge is -2.30. The van der Waals surface area contributed by atoms with E-state index in [1.165, 1.54) is 26.3 Å². The Bertz CT molecular complexity index is 397. The summed E-state index contributed by atoms with van der Waals surface area (Å²) in [4.78, 5) is 11.8. The van der Waals surface area contributed by atoms with E-state index in [0.717, 1.165) is 23.4 Å². The Morgan fingerprint density at radius 1 is 1.35 bits per heavy atom. The van der Waals surface area contributed by atoms with Crippen molar-refractivity contribution in [2.45, 2.75) is 38.1 Å². The van der Waals surface area contributed by atoms with Crippen LogP contribution in [-0.2, 0) is 14.8 Å². The molecule has 0 bridgehead atoms. The SMILES string of the molecule is CN(CC(=O)NC(CN)C1CCCCC1)S(C)(=O)=O.Cl. The third kappa shape index (κ3) is 6.39. The number of sulfonamides is 1. The zero-order valence-corrected chi connectivity index (χ0v) is 13.8. The quantitative estimate of drug-likeness (QED) is 0.735. The molecule has 0 aliphatic heterocycles. The second-order valence-electron chi connectivity index (χ2n) is 5.33. The fourth-order valence-electron chi connectivity index (χ4n) is 2.48. The molecule has 0 radical (unpaired) electrons. The summed E-state index contributed by atoms with van der Waals surface area (Å²) in [6, 6.07) is -0.0410. The molecule has 1 unspecified atom stereocenters. The van der Waals surface area contributed by atoms with Crippen LogP contribution in [0.3, 0.4) is 0 Å². The van der Waals surface area contributed by atoms with Gasteiger partial charge in [-0.05, 0) is 18.8 Å². The van der Waals surface area contributed by atoms with Crippen LogP contribution in [0, 0.1) is 5.92 Å². The molecule has 1 fully saturated rings. The number of nitrogens with one attached hydrogen (secondary N) is 1. The highest BCUT2D eigenvalue weighted by atomic mass is 35.5. The highest BCUT2D eigenvalue weighted by Crippen LogP contribution is 2.26. The Kier molecular flexibility index (Phi) is 8.65.